The van der Waals surface area contributed by atoms with E-state index < -0.39 is 0 Å². The number of unbranched alkanes of at least 4 members (excludes halogenated alkanes) is 2. The minimum absolute atomic E-state index is 0.714. The summed E-state index contributed by atoms with van der Waals surface area (Å²) in [6.07, 6.45) is 5.24. The molecule has 0 radical (unpaired) electrons. The molecule has 1 heterocycles. The van der Waals surface area contributed by atoms with Crippen molar-refractivity contribution in [2.45, 2.75) is 39.0 Å². The number of benzene rings is 2. The average molecular weight is 450 g/mol. The first kappa shape index (κ1) is 20.2. The van der Waals surface area contributed by atoms with Crippen LogP contribution in [0.2, 0.25) is 5.02 Å². The molecule has 5 heteroatoms. The van der Waals surface area contributed by atoms with Crippen LogP contribution in [0, 0.1) is 0 Å². The van der Waals surface area contributed by atoms with Crippen molar-refractivity contribution >= 4 is 38.4 Å². The van der Waals surface area contributed by atoms with Gasteiger partial charge < -0.3 is 15.5 Å². The van der Waals surface area contributed by atoms with Crippen molar-refractivity contribution < 1.29 is 4.74 Å². The van der Waals surface area contributed by atoms with Crippen molar-refractivity contribution in [3.8, 4) is 17.0 Å². The molecule has 0 aliphatic rings. The number of rotatable bonds is 9. The Bertz CT molecular complexity index is 889. The Morgan fingerprint density at radius 1 is 1.11 bits per heavy atom. The summed E-state index contributed by atoms with van der Waals surface area (Å²) < 4.78 is 6.78. The lowest BCUT2D eigenvalue weighted by Gasteiger charge is -2.08. The predicted octanol–water partition coefficient (Wildman–Crippen LogP) is 6.71. The van der Waals surface area contributed by atoms with Crippen LogP contribution < -0.4 is 10.5 Å². The molecule has 2 aromatic carbocycles. The zero-order valence-corrected chi connectivity index (χ0v) is 18.0. The molecule has 27 heavy (non-hydrogen) atoms. The SMILES string of the molecule is CCCCOc1ccc(-c2[nH]c3c(Cl)cc(Br)cc3c2CCCCN)cc1. The number of hydrogen-bond donors (Lipinski definition) is 2. The number of nitrogens with one attached hydrogen (secondary N) is 1. The van der Waals surface area contributed by atoms with Gasteiger partial charge in [-0.1, -0.05) is 40.9 Å². The first-order chi connectivity index (χ1) is 13.1. The lowest BCUT2D eigenvalue weighted by molar-refractivity contribution is 0.309. The molecule has 3 aromatic rings. The Labute approximate surface area is 174 Å². The van der Waals surface area contributed by atoms with Crippen molar-refractivity contribution in [2.75, 3.05) is 13.2 Å². The van der Waals surface area contributed by atoms with Gasteiger partial charge in [0.25, 0.3) is 0 Å². The van der Waals surface area contributed by atoms with Gasteiger partial charge in [0, 0.05) is 15.6 Å². The Morgan fingerprint density at radius 2 is 1.89 bits per heavy atom. The van der Waals surface area contributed by atoms with Gasteiger partial charge in [-0.25, -0.2) is 0 Å². The van der Waals surface area contributed by atoms with E-state index in [-0.39, 0.29) is 0 Å². The van der Waals surface area contributed by atoms with E-state index in [4.69, 9.17) is 22.1 Å². The Hall–Kier alpha value is -1.49. The fourth-order valence-corrected chi connectivity index (χ4v) is 4.13. The second-order valence-corrected chi connectivity index (χ2v) is 8.08. The third-order valence-corrected chi connectivity index (χ3v) is 5.48. The predicted molar refractivity (Wildman–Crippen MR) is 119 cm³/mol. The van der Waals surface area contributed by atoms with Gasteiger partial charge >= 0.3 is 0 Å². The van der Waals surface area contributed by atoms with Gasteiger partial charge in [0.05, 0.1) is 17.1 Å². The molecular weight excluding hydrogens is 424 g/mol. The summed E-state index contributed by atoms with van der Waals surface area (Å²) in [5.41, 5.74) is 10.2. The largest absolute Gasteiger partial charge is 0.494 e. The lowest BCUT2D eigenvalue weighted by atomic mass is 10.0. The third kappa shape index (κ3) is 4.87. The summed E-state index contributed by atoms with van der Waals surface area (Å²) in [6, 6.07) is 12.4. The molecule has 0 saturated carbocycles. The van der Waals surface area contributed by atoms with Crippen LogP contribution in [-0.2, 0) is 6.42 Å². The molecule has 0 atom stereocenters. The highest BCUT2D eigenvalue weighted by Gasteiger charge is 2.16. The highest BCUT2D eigenvalue weighted by molar-refractivity contribution is 9.10. The number of aromatic amines is 1. The normalized spacial score (nSPS) is 11.3. The van der Waals surface area contributed by atoms with Crippen LogP contribution in [0.4, 0.5) is 0 Å². The molecule has 3 nitrogen and oxygen atoms in total. The zero-order chi connectivity index (χ0) is 19.2. The number of aryl methyl sites for hydroxylation is 1. The molecule has 3 rings (SSSR count). The number of nitrogens with two attached hydrogens (primary N) is 1. The summed E-state index contributed by atoms with van der Waals surface area (Å²) in [6.45, 7) is 3.64. The van der Waals surface area contributed by atoms with E-state index in [1.807, 2.05) is 18.2 Å². The molecule has 0 spiro atoms. The van der Waals surface area contributed by atoms with Crippen molar-refractivity contribution in [3.05, 3.63) is 51.5 Å². The van der Waals surface area contributed by atoms with E-state index in [1.54, 1.807) is 0 Å². The van der Waals surface area contributed by atoms with Gasteiger partial charge in [-0.15, -0.1) is 0 Å². The van der Waals surface area contributed by atoms with Crippen LogP contribution in [0.25, 0.3) is 22.2 Å². The van der Waals surface area contributed by atoms with Gasteiger partial charge in [0.2, 0.25) is 0 Å². The monoisotopic (exact) mass is 448 g/mol. The molecule has 0 aliphatic heterocycles. The maximum Gasteiger partial charge on any atom is 0.119 e. The highest BCUT2D eigenvalue weighted by Crippen LogP contribution is 2.37. The van der Waals surface area contributed by atoms with Gasteiger partial charge in [-0.2, -0.15) is 0 Å². The van der Waals surface area contributed by atoms with Crippen LogP contribution >= 0.6 is 27.5 Å². The summed E-state index contributed by atoms with van der Waals surface area (Å²) in [4.78, 5) is 3.55. The lowest BCUT2D eigenvalue weighted by Crippen LogP contribution is -1.99. The Balaban J connectivity index is 1.96. The fourth-order valence-electron chi connectivity index (χ4n) is 3.28. The van der Waals surface area contributed by atoms with E-state index >= 15 is 0 Å². The number of H-pyrrole nitrogens is 1. The number of aromatic nitrogens is 1. The zero-order valence-electron chi connectivity index (χ0n) is 15.7. The average Bonchev–Trinajstić information content (AvgIpc) is 3.02. The minimum Gasteiger partial charge on any atom is -0.494 e. The van der Waals surface area contributed by atoms with Gasteiger partial charge in [-0.05, 0) is 79.8 Å². The Morgan fingerprint density at radius 3 is 2.59 bits per heavy atom. The molecule has 0 fully saturated rings. The Kier molecular flexibility index (Phi) is 7.22. The van der Waals surface area contributed by atoms with Gasteiger partial charge in [0.15, 0.2) is 0 Å². The quantitative estimate of drug-likeness (QED) is 0.357. The van der Waals surface area contributed by atoms with Crippen LogP contribution in [-0.4, -0.2) is 18.1 Å². The number of ether oxygens (including phenoxy) is 1. The molecule has 0 amide bonds. The van der Waals surface area contributed by atoms with Crippen LogP contribution in [0.3, 0.4) is 0 Å². The number of hydrogen-bond acceptors (Lipinski definition) is 2. The maximum atomic E-state index is 6.49. The number of fused-ring (bicyclic) bond motifs is 1. The highest BCUT2D eigenvalue weighted by atomic mass is 79.9. The van der Waals surface area contributed by atoms with Crippen LogP contribution in [0.5, 0.6) is 5.75 Å². The second-order valence-electron chi connectivity index (χ2n) is 6.76. The summed E-state index contributed by atoms with van der Waals surface area (Å²) in [5.74, 6) is 0.911. The second kappa shape index (κ2) is 9.63. The van der Waals surface area contributed by atoms with E-state index in [0.717, 1.165) is 70.7 Å². The van der Waals surface area contributed by atoms with E-state index in [9.17, 15) is 0 Å². The molecule has 3 N–H and O–H groups in total. The molecule has 1 aromatic heterocycles. The molecular formula is C22H26BrClN2O. The summed E-state index contributed by atoms with van der Waals surface area (Å²) in [5, 5.41) is 1.90. The third-order valence-electron chi connectivity index (χ3n) is 4.72. The van der Waals surface area contributed by atoms with Crippen molar-refractivity contribution in [3.63, 3.8) is 0 Å². The first-order valence-corrected chi connectivity index (χ1v) is 10.7. The first-order valence-electron chi connectivity index (χ1n) is 9.57. The minimum atomic E-state index is 0.714. The number of halogens is 2. The van der Waals surface area contributed by atoms with E-state index in [1.165, 1.54) is 10.9 Å². The van der Waals surface area contributed by atoms with Crippen molar-refractivity contribution in [1.82, 2.24) is 4.98 Å². The van der Waals surface area contributed by atoms with Gasteiger partial charge in [0.1, 0.15) is 5.75 Å². The van der Waals surface area contributed by atoms with Gasteiger partial charge in [-0.3, -0.25) is 0 Å². The van der Waals surface area contributed by atoms with E-state index in [0.29, 0.717) is 6.54 Å². The van der Waals surface area contributed by atoms with E-state index in [2.05, 4.69) is 46.0 Å². The summed E-state index contributed by atoms with van der Waals surface area (Å²) >= 11 is 10.1. The fraction of sp³-hybridized carbons (Fsp3) is 0.364. The van der Waals surface area contributed by atoms with Crippen molar-refractivity contribution in [1.29, 1.82) is 0 Å². The smallest absolute Gasteiger partial charge is 0.119 e. The molecule has 0 bridgehead atoms. The van der Waals surface area contributed by atoms with Crippen LogP contribution in [0.15, 0.2) is 40.9 Å². The molecule has 0 aliphatic carbocycles. The van der Waals surface area contributed by atoms with Crippen LogP contribution in [0.1, 0.15) is 38.2 Å². The maximum absolute atomic E-state index is 6.49. The standard InChI is InChI=1S/C22H26BrClN2O/c1-2-3-12-27-17-9-7-15(8-10-17)21-18(6-4-5-11-25)19-13-16(23)14-20(24)22(19)26-21/h7-10,13-14,26H,2-6,11-12,25H2,1H3. The topological polar surface area (TPSA) is 51.0 Å². The molecule has 144 valence electrons. The van der Waals surface area contributed by atoms with Crippen molar-refractivity contribution in [2.24, 2.45) is 5.73 Å². The molecule has 0 unspecified atom stereocenters. The molecule has 0 saturated heterocycles. The summed E-state index contributed by atoms with van der Waals surface area (Å²) in [7, 11) is 0.